The first kappa shape index (κ1) is 18.4. The van der Waals surface area contributed by atoms with Gasteiger partial charge in [-0.2, -0.15) is 0 Å². The molecule has 0 unspecified atom stereocenters. The summed E-state index contributed by atoms with van der Waals surface area (Å²) in [7, 11) is 0. The van der Waals surface area contributed by atoms with E-state index in [2.05, 4.69) is 10.2 Å². The molecule has 3 aliphatic rings. The minimum Gasteiger partial charge on any atom is -0.340 e. The first-order valence-corrected chi connectivity index (χ1v) is 10.2. The van der Waals surface area contributed by atoms with Crippen LogP contribution in [-0.2, 0) is 9.59 Å². The largest absolute Gasteiger partial charge is 0.340 e. The highest BCUT2D eigenvalue weighted by atomic mass is 19.1. The van der Waals surface area contributed by atoms with Gasteiger partial charge in [-0.1, -0.05) is 12.8 Å². The number of piperazine rings is 1. The molecule has 2 saturated carbocycles. The molecule has 1 atom stereocenters. The molecular formula is C21H28FN3O2. The molecule has 0 radical (unpaired) electrons. The molecule has 2 aliphatic carbocycles. The van der Waals surface area contributed by atoms with Crippen LogP contribution in [0.25, 0.3) is 0 Å². The lowest BCUT2D eigenvalue weighted by Crippen LogP contribution is -2.57. The number of carbonyl (C=O) groups excluding carboxylic acids is 2. The maximum absolute atomic E-state index is 13.1. The Morgan fingerprint density at radius 3 is 2.19 bits per heavy atom. The lowest BCUT2D eigenvalue weighted by molar-refractivity contribution is -0.135. The normalized spacial score (nSPS) is 22.6. The third-order valence-electron chi connectivity index (χ3n) is 6.17. The standard InChI is InChI=1S/C21H28FN3O2/c22-17-7-9-18(10-8-17)23-20(26)19(15-3-1-2-4-15)24-11-13-25(14-12-24)21(27)16-5-6-16/h7-10,15-16,19H,1-6,11-14H2,(H,23,26)/t19-/m1/s1. The van der Waals surface area contributed by atoms with Gasteiger partial charge in [-0.05, 0) is 55.9 Å². The highest BCUT2D eigenvalue weighted by Gasteiger charge is 2.39. The van der Waals surface area contributed by atoms with E-state index in [1.165, 1.54) is 25.0 Å². The Kier molecular flexibility index (Phi) is 5.43. The summed E-state index contributed by atoms with van der Waals surface area (Å²) in [6, 6.07) is 5.76. The van der Waals surface area contributed by atoms with Crippen molar-refractivity contribution in [2.24, 2.45) is 11.8 Å². The molecule has 2 amide bonds. The lowest BCUT2D eigenvalue weighted by atomic mass is 9.94. The van der Waals surface area contributed by atoms with Gasteiger partial charge >= 0.3 is 0 Å². The van der Waals surface area contributed by atoms with E-state index in [1.807, 2.05) is 4.90 Å². The van der Waals surface area contributed by atoms with E-state index in [0.29, 0.717) is 30.6 Å². The maximum atomic E-state index is 13.1. The molecule has 4 rings (SSSR count). The smallest absolute Gasteiger partial charge is 0.242 e. The highest BCUT2D eigenvalue weighted by molar-refractivity contribution is 5.95. The molecule has 3 fully saturated rings. The van der Waals surface area contributed by atoms with Gasteiger partial charge in [-0.15, -0.1) is 0 Å². The van der Waals surface area contributed by atoms with E-state index in [1.54, 1.807) is 12.1 Å². The lowest BCUT2D eigenvalue weighted by Gasteiger charge is -2.40. The summed E-state index contributed by atoms with van der Waals surface area (Å²) < 4.78 is 13.1. The first-order chi connectivity index (χ1) is 13.1. The first-order valence-electron chi connectivity index (χ1n) is 10.2. The fraction of sp³-hybridized carbons (Fsp3) is 0.619. The van der Waals surface area contributed by atoms with Crippen LogP contribution in [0.15, 0.2) is 24.3 Å². The average molecular weight is 373 g/mol. The Morgan fingerprint density at radius 1 is 0.963 bits per heavy atom. The second kappa shape index (κ2) is 7.97. The molecule has 1 saturated heterocycles. The zero-order valence-corrected chi connectivity index (χ0v) is 15.7. The molecule has 0 aromatic heterocycles. The molecule has 1 N–H and O–H groups in total. The summed E-state index contributed by atoms with van der Waals surface area (Å²) in [5.41, 5.74) is 0.631. The third-order valence-corrected chi connectivity index (χ3v) is 6.17. The minimum absolute atomic E-state index is 0.00419. The Bertz CT molecular complexity index is 675. The average Bonchev–Trinajstić information content (AvgIpc) is 3.40. The molecule has 1 aromatic carbocycles. The van der Waals surface area contributed by atoms with Gasteiger partial charge in [0.1, 0.15) is 5.82 Å². The van der Waals surface area contributed by atoms with Crippen LogP contribution >= 0.6 is 0 Å². The summed E-state index contributed by atoms with van der Waals surface area (Å²) in [4.78, 5) is 29.6. The molecule has 0 bridgehead atoms. The van der Waals surface area contributed by atoms with Crippen LogP contribution < -0.4 is 5.32 Å². The zero-order chi connectivity index (χ0) is 18.8. The van der Waals surface area contributed by atoms with Crippen LogP contribution in [0.4, 0.5) is 10.1 Å². The second-order valence-electron chi connectivity index (χ2n) is 8.12. The summed E-state index contributed by atoms with van der Waals surface area (Å²) >= 11 is 0. The molecule has 1 heterocycles. The van der Waals surface area contributed by atoms with Crippen LogP contribution in [0, 0.1) is 17.7 Å². The van der Waals surface area contributed by atoms with Crippen molar-refractivity contribution >= 4 is 17.5 Å². The van der Waals surface area contributed by atoms with Gasteiger partial charge in [0, 0.05) is 37.8 Å². The predicted octanol–water partition coefficient (Wildman–Crippen LogP) is 2.88. The number of hydrogen-bond acceptors (Lipinski definition) is 3. The topological polar surface area (TPSA) is 52.7 Å². The van der Waals surface area contributed by atoms with E-state index < -0.39 is 0 Å². The van der Waals surface area contributed by atoms with Gasteiger partial charge in [0.05, 0.1) is 6.04 Å². The summed E-state index contributed by atoms with van der Waals surface area (Å²) in [6.07, 6.45) is 6.55. The molecule has 27 heavy (non-hydrogen) atoms. The number of benzene rings is 1. The number of halogens is 1. The van der Waals surface area contributed by atoms with Crippen molar-refractivity contribution < 1.29 is 14.0 Å². The Morgan fingerprint density at radius 2 is 1.59 bits per heavy atom. The van der Waals surface area contributed by atoms with Crippen molar-refractivity contribution in [3.05, 3.63) is 30.1 Å². The van der Waals surface area contributed by atoms with Crippen LogP contribution in [0.1, 0.15) is 38.5 Å². The fourth-order valence-electron chi connectivity index (χ4n) is 4.51. The number of amides is 2. The molecule has 1 aromatic rings. The summed E-state index contributed by atoms with van der Waals surface area (Å²) in [5.74, 6) is 0.593. The van der Waals surface area contributed by atoms with Crippen molar-refractivity contribution in [3.63, 3.8) is 0 Å². The maximum Gasteiger partial charge on any atom is 0.242 e. The van der Waals surface area contributed by atoms with Gasteiger partial charge < -0.3 is 10.2 Å². The SMILES string of the molecule is O=C(Nc1ccc(F)cc1)[C@@H](C1CCCC1)N1CCN(C(=O)C2CC2)CC1. The van der Waals surface area contributed by atoms with Crippen LogP contribution in [-0.4, -0.2) is 53.8 Å². The Labute approximate surface area is 159 Å². The molecular weight excluding hydrogens is 345 g/mol. The predicted molar refractivity (Wildman–Crippen MR) is 102 cm³/mol. The molecule has 146 valence electrons. The van der Waals surface area contributed by atoms with Crippen molar-refractivity contribution in [1.82, 2.24) is 9.80 Å². The fourth-order valence-corrected chi connectivity index (χ4v) is 4.51. The number of nitrogens with one attached hydrogen (secondary N) is 1. The highest BCUT2D eigenvalue weighted by Crippen LogP contribution is 2.33. The molecule has 0 spiro atoms. The van der Waals surface area contributed by atoms with Crippen LogP contribution in [0.3, 0.4) is 0 Å². The molecule has 6 heteroatoms. The van der Waals surface area contributed by atoms with E-state index >= 15 is 0 Å². The summed E-state index contributed by atoms with van der Waals surface area (Å²) in [5, 5.41) is 2.98. The van der Waals surface area contributed by atoms with Gasteiger partial charge in [0.15, 0.2) is 0 Å². The quantitative estimate of drug-likeness (QED) is 0.864. The van der Waals surface area contributed by atoms with E-state index in [0.717, 1.165) is 38.8 Å². The van der Waals surface area contributed by atoms with Crippen molar-refractivity contribution in [3.8, 4) is 0 Å². The van der Waals surface area contributed by atoms with E-state index in [4.69, 9.17) is 0 Å². The number of rotatable bonds is 5. The van der Waals surface area contributed by atoms with Crippen molar-refractivity contribution in [2.45, 2.75) is 44.6 Å². The number of nitrogens with zero attached hydrogens (tertiary/aromatic N) is 2. The second-order valence-corrected chi connectivity index (χ2v) is 8.12. The molecule has 1 aliphatic heterocycles. The molecule has 5 nitrogen and oxygen atoms in total. The zero-order valence-electron chi connectivity index (χ0n) is 15.7. The third kappa shape index (κ3) is 4.32. The van der Waals surface area contributed by atoms with Crippen LogP contribution in [0.2, 0.25) is 0 Å². The Balaban J connectivity index is 1.42. The van der Waals surface area contributed by atoms with Crippen molar-refractivity contribution in [2.75, 3.05) is 31.5 Å². The van der Waals surface area contributed by atoms with E-state index in [-0.39, 0.29) is 23.7 Å². The van der Waals surface area contributed by atoms with Gasteiger partial charge in [-0.25, -0.2) is 4.39 Å². The Hall–Kier alpha value is -1.95. The van der Waals surface area contributed by atoms with E-state index in [9.17, 15) is 14.0 Å². The summed E-state index contributed by atoms with van der Waals surface area (Å²) in [6.45, 7) is 2.91. The monoisotopic (exact) mass is 373 g/mol. The van der Waals surface area contributed by atoms with Gasteiger partial charge in [0.2, 0.25) is 11.8 Å². The number of hydrogen-bond donors (Lipinski definition) is 1. The minimum atomic E-state index is -0.309. The number of anilines is 1. The number of carbonyl (C=O) groups is 2. The van der Waals surface area contributed by atoms with Gasteiger partial charge in [-0.3, -0.25) is 14.5 Å². The van der Waals surface area contributed by atoms with Gasteiger partial charge in [0.25, 0.3) is 0 Å². The van der Waals surface area contributed by atoms with Crippen molar-refractivity contribution in [1.29, 1.82) is 0 Å². The van der Waals surface area contributed by atoms with Crippen LogP contribution in [0.5, 0.6) is 0 Å².